The third-order valence-corrected chi connectivity index (χ3v) is 3.35. The van der Waals surface area contributed by atoms with Crippen molar-refractivity contribution in [2.24, 2.45) is 11.7 Å². The maximum absolute atomic E-state index is 10.3. The van der Waals surface area contributed by atoms with Gasteiger partial charge in [-0.1, -0.05) is 51.5 Å². The molecule has 0 saturated carbocycles. The lowest BCUT2D eigenvalue weighted by molar-refractivity contribution is 0.107. The molecule has 17 heavy (non-hydrogen) atoms. The number of aliphatic hydroxyl groups is 1. The lowest BCUT2D eigenvalue weighted by atomic mass is 9.90. The third-order valence-electron chi connectivity index (χ3n) is 3.35. The van der Waals surface area contributed by atoms with Gasteiger partial charge in [-0.15, -0.1) is 0 Å². The molecule has 96 valence electrons. The van der Waals surface area contributed by atoms with Crippen molar-refractivity contribution in [2.75, 3.05) is 6.54 Å². The Hall–Kier alpha value is -0.860. The van der Waals surface area contributed by atoms with Gasteiger partial charge in [0.1, 0.15) is 0 Å². The summed E-state index contributed by atoms with van der Waals surface area (Å²) < 4.78 is 0. The van der Waals surface area contributed by atoms with Crippen LogP contribution in [0.15, 0.2) is 24.3 Å². The standard InChI is InChI=1S/C15H25NO/c1-4-5-14(10-16)15(17)13-8-6-12(7-9-13)11(2)3/h6-9,11,14-15,17H,4-5,10,16H2,1-3H3. The van der Waals surface area contributed by atoms with Crippen molar-refractivity contribution >= 4 is 0 Å². The summed E-state index contributed by atoms with van der Waals surface area (Å²) >= 11 is 0. The number of aliphatic hydroxyl groups excluding tert-OH is 1. The van der Waals surface area contributed by atoms with Crippen molar-refractivity contribution in [2.45, 2.75) is 45.6 Å². The molecule has 0 amide bonds. The Morgan fingerprint density at radius 3 is 2.06 bits per heavy atom. The second-order valence-corrected chi connectivity index (χ2v) is 5.05. The minimum absolute atomic E-state index is 0.171. The lowest BCUT2D eigenvalue weighted by Gasteiger charge is -2.21. The van der Waals surface area contributed by atoms with Gasteiger partial charge in [-0.05, 0) is 30.0 Å². The van der Waals surface area contributed by atoms with E-state index in [1.807, 2.05) is 12.1 Å². The van der Waals surface area contributed by atoms with Crippen molar-refractivity contribution < 1.29 is 5.11 Å². The molecule has 1 aromatic carbocycles. The van der Waals surface area contributed by atoms with Crippen LogP contribution < -0.4 is 5.73 Å². The fourth-order valence-corrected chi connectivity index (χ4v) is 2.13. The molecule has 0 fully saturated rings. The largest absolute Gasteiger partial charge is 0.388 e. The second-order valence-electron chi connectivity index (χ2n) is 5.05. The molecular weight excluding hydrogens is 210 g/mol. The first-order valence-electron chi connectivity index (χ1n) is 6.58. The van der Waals surface area contributed by atoms with E-state index in [0.717, 1.165) is 18.4 Å². The zero-order valence-corrected chi connectivity index (χ0v) is 11.2. The predicted molar refractivity (Wildman–Crippen MR) is 72.9 cm³/mol. The zero-order valence-electron chi connectivity index (χ0n) is 11.2. The van der Waals surface area contributed by atoms with Crippen molar-refractivity contribution in [1.82, 2.24) is 0 Å². The third kappa shape index (κ3) is 3.83. The maximum Gasteiger partial charge on any atom is 0.0830 e. The highest BCUT2D eigenvalue weighted by atomic mass is 16.3. The van der Waals surface area contributed by atoms with E-state index in [9.17, 15) is 5.11 Å². The van der Waals surface area contributed by atoms with Gasteiger partial charge in [-0.3, -0.25) is 0 Å². The van der Waals surface area contributed by atoms with Gasteiger partial charge in [0.2, 0.25) is 0 Å². The van der Waals surface area contributed by atoms with Gasteiger partial charge in [0, 0.05) is 5.92 Å². The van der Waals surface area contributed by atoms with E-state index in [2.05, 4.69) is 32.9 Å². The fourth-order valence-electron chi connectivity index (χ4n) is 2.13. The number of rotatable bonds is 6. The summed E-state index contributed by atoms with van der Waals surface area (Å²) in [5, 5.41) is 10.3. The van der Waals surface area contributed by atoms with Crippen LogP contribution in [0.3, 0.4) is 0 Å². The Balaban J connectivity index is 2.77. The molecule has 0 aliphatic heterocycles. The molecular formula is C15H25NO. The summed E-state index contributed by atoms with van der Waals surface area (Å²) in [5.74, 6) is 0.701. The van der Waals surface area contributed by atoms with Crippen molar-refractivity contribution in [3.05, 3.63) is 35.4 Å². The second kappa shape index (κ2) is 6.77. The van der Waals surface area contributed by atoms with Gasteiger partial charge < -0.3 is 10.8 Å². The Kier molecular flexibility index (Phi) is 5.66. The van der Waals surface area contributed by atoms with Gasteiger partial charge in [-0.2, -0.15) is 0 Å². The molecule has 0 bridgehead atoms. The summed E-state index contributed by atoms with van der Waals surface area (Å²) in [6, 6.07) is 8.25. The van der Waals surface area contributed by atoms with Crippen molar-refractivity contribution in [3.8, 4) is 0 Å². The summed E-state index contributed by atoms with van der Waals surface area (Å²) in [6.45, 7) is 7.01. The number of hydrogen-bond acceptors (Lipinski definition) is 2. The first-order valence-corrected chi connectivity index (χ1v) is 6.58. The van der Waals surface area contributed by atoms with E-state index in [4.69, 9.17) is 5.73 Å². The molecule has 1 rings (SSSR count). The molecule has 3 N–H and O–H groups in total. The molecule has 0 aromatic heterocycles. The molecule has 2 unspecified atom stereocenters. The average molecular weight is 235 g/mol. The average Bonchev–Trinajstić information content (AvgIpc) is 2.35. The lowest BCUT2D eigenvalue weighted by Crippen LogP contribution is -2.21. The van der Waals surface area contributed by atoms with Crippen LogP contribution in [0.2, 0.25) is 0 Å². The van der Waals surface area contributed by atoms with Crippen molar-refractivity contribution in [3.63, 3.8) is 0 Å². The number of hydrogen-bond donors (Lipinski definition) is 2. The molecule has 0 aliphatic rings. The molecule has 1 aromatic rings. The highest BCUT2D eigenvalue weighted by Crippen LogP contribution is 2.26. The SMILES string of the molecule is CCCC(CN)C(O)c1ccc(C(C)C)cc1. The summed E-state index contributed by atoms with van der Waals surface area (Å²) in [5.41, 5.74) is 8.01. The number of nitrogens with two attached hydrogens (primary N) is 1. The Morgan fingerprint density at radius 2 is 1.65 bits per heavy atom. The fraction of sp³-hybridized carbons (Fsp3) is 0.600. The zero-order chi connectivity index (χ0) is 12.8. The quantitative estimate of drug-likeness (QED) is 0.795. The van der Waals surface area contributed by atoms with E-state index in [-0.39, 0.29) is 5.92 Å². The van der Waals surface area contributed by atoms with Crippen LogP contribution in [0.25, 0.3) is 0 Å². The smallest absolute Gasteiger partial charge is 0.0830 e. The highest BCUT2D eigenvalue weighted by molar-refractivity contribution is 5.26. The van der Waals surface area contributed by atoms with Crippen molar-refractivity contribution in [1.29, 1.82) is 0 Å². The van der Waals surface area contributed by atoms with Gasteiger partial charge in [-0.25, -0.2) is 0 Å². The van der Waals surface area contributed by atoms with Crippen LogP contribution >= 0.6 is 0 Å². The molecule has 0 saturated heterocycles. The summed E-state index contributed by atoms with van der Waals surface area (Å²) in [4.78, 5) is 0. The Morgan fingerprint density at radius 1 is 1.12 bits per heavy atom. The van der Waals surface area contributed by atoms with Gasteiger partial charge in [0.05, 0.1) is 6.10 Å². The predicted octanol–water partition coefficient (Wildman–Crippen LogP) is 3.22. The van der Waals surface area contributed by atoms with Crippen LogP contribution in [0.1, 0.15) is 56.8 Å². The summed E-state index contributed by atoms with van der Waals surface area (Å²) in [7, 11) is 0. The van der Waals surface area contributed by atoms with Crippen LogP contribution in [-0.4, -0.2) is 11.7 Å². The van der Waals surface area contributed by atoms with E-state index < -0.39 is 6.10 Å². The Bertz CT molecular complexity index is 318. The van der Waals surface area contributed by atoms with Gasteiger partial charge in [0.15, 0.2) is 0 Å². The minimum atomic E-state index is -0.429. The molecule has 0 aliphatic carbocycles. The van der Waals surface area contributed by atoms with Gasteiger partial charge in [0.25, 0.3) is 0 Å². The first kappa shape index (κ1) is 14.2. The Labute approximate surface area is 105 Å². The van der Waals surface area contributed by atoms with Crippen LogP contribution in [-0.2, 0) is 0 Å². The summed E-state index contributed by atoms with van der Waals surface area (Å²) in [6.07, 6.45) is 1.60. The van der Waals surface area contributed by atoms with Crippen LogP contribution in [0, 0.1) is 5.92 Å². The van der Waals surface area contributed by atoms with E-state index >= 15 is 0 Å². The first-order chi connectivity index (χ1) is 8.10. The van der Waals surface area contributed by atoms with Crippen LogP contribution in [0.4, 0.5) is 0 Å². The normalized spacial score (nSPS) is 14.9. The maximum atomic E-state index is 10.3. The number of benzene rings is 1. The topological polar surface area (TPSA) is 46.2 Å². The molecule has 0 radical (unpaired) electrons. The van der Waals surface area contributed by atoms with E-state index in [1.54, 1.807) is 0 Å². The molecule has 0 spiro atoms. The molecule has 0 heterocycles. The molecule has 2 nitrogen and oxygen atoms in total. The van der Waals surface area contributed by atoms with Gasteiger partial charge >= 0.3 is 0 Å². The van der Waals surface area contributed by atoms with E-state index in [1.165, 1.54) is 5.56 Å². The minimum Gasteiger partial charge on any atom is -0.388 e. The highest BCUT2D eigenvalue weighted by Gasteiger charge is 2.18. The molecule has 2 heteroatoms. The van der Waals surface area contributed by atoms with Crippen LogP contribution in [0.5, 0.6) is 0 Å². The molecule has 2 atom stereocenters. The monoisotopic (exact) mass is 235 g/mol. The van der Waals surface area contributed by atoms with E-state index in [0.29, 0.717) is 12.5 Å².